The molecule has 0 saturated carbocycles. The highest BCUT2D eigenvalue weighted by Gasteiger charge is 2.18. The van der Waals surface area contributed by atoms with E-state index in [-0.39, 0.29) is 16.4 Å². The SMILES string of the molecule is Cc1cc(C#Cc2cccc(F)c2)cnc1NC(=O)c1cc(NC(=O)OC(C)(C)C)ccc1Cl. The zero-order valence-corrected chi connectivity index (χ0v) is 19.9. The van der Waals surface area contributed by atoms with Crippen molar-refractivity contribution in [2.24, 2.45) is 0 Å². The molecular formula is C26H23ClFN3O3. The van der Waals surface area contributed by atoms with Crippen LogP contribution in [0.3, 0.4) is 0 Å². The lowest BCUT2D eigenvalue weighted by atomic mass is 10.1. The Morgan fingerprint density at radius 3 is 2.44 bits per heavy atom. The number of rotatable bonds is 3. The predicted octanol–water partition coefficient (Wildman–Crippen LogP) is 6.18. The minimum atomic E-state index is -0.659. The Labute approximate surface area is 202 Å². The second-order valence-corrected chi connectivity index (χ2v) is 8.83. The topological polar surface area (TPSA) is 80.3 Å². The van der Waals surface area contributed by atoms with Crippen molar-refractivity contribution >= 4 is 35.1 Å². The van der Waals surface area contributed by atoms with Crippen LogP contribution in [-0.4, -0.2) is 22.6 Å². The number of aromatic nitrogens is 1. The number of ether oxygens (including phenoxy) is 1. The van der Waals surface area contributed by atoms with E-state index in [4.69, 9.17) is 16.3 Å². The highest BCUT2D eigenvalue weighted by Crippen LogP contribution is 2.23. The lowest BCUT2D eigenvalue weighted by molar-refractivity contribution is 0.0635. The maximum absolute atomic E-state index is 13.3. The zero-order valence-electron chi connectivity index (χ0n) is 19.1. The van der Waals surface area contributed by atoms with E-state index in [2.05, 4.69) is 27.5 Å². The Hall–Kier alpha value is -3.89. The minimum Gasteiger partial charge on any atom is -0.444 e. The average molecular weight is 480 g/mol. The van der Waals surface area contributed by atoms with E-state index in [1.54, 1.807) is 52.0 Å². The molecule has 1 heterocycles. The number of nitrogens with one attached hydrogen (secondary N) is 2. The number of amides is 2. The van der Waals surface area contributed by atoms with Gasteiger partial charge < -0.3 is 10.1 Å². The number of carbonyl (C=O) groups is 2. The molecule has 0 saturated heterocycles. The lowest BCUT2D eigenvalue weighted by Gasteiger charge is -2.20. The molecule has 2 amide bonds. The highest BCUT2D eigenvalue weighted by molar-refractivity contribution is 6.34. The number of benzene rings is 2. The van der Waals surface area contributed by atoms with Crippen molar-refractivity contribution in [3.05, 3.63) is 87.8 Å². The number of nitrogens with zero attached hydrogens (tertiary/aromatic N) is 1. The molecule has 3 aromatic rings. The second kappa shape index (κ2) is 10.4. The normalized spacial score (nSPS) is 10.6. The van der Waals surface area contributed by atoms with E-state index in [0.717, 1.165) is 0 Å². The fourth-order valence-corrected chi connectivity index (χ4v) is 3.06. The third kappa shape index (κ3) is 7.06. The molecule has 0 aliphatic rings. The summed E-state index contributed by atoms with van der Waals surface area (Å²) in [6, 6.07) is 12.3. The van der Waals surface area contributed by atoms with Crippen LogP contribution in [0.4, 0.5) is 20.7 Å². The van der Waals surface area contributed by atoms with Crippen LogP contribution in [0.2, 0.25) is 5.02 Å². The summed E-state index contributed by atoms with van der Waals surface area (Å²) in [6.07, 6.45) is 0.866. The fourth-order valence-electron chi connectivity index (χ4n) is 2.86. The maximum Gasteiger partial charge on any atom is 0.412 e. The summed E-state index contributed by atoms with van der Waals surface area (Å²) in [5, 5.41) is 5.51. The van der Waals surface area contributed by atoms with Crippen LogP contribution in [0.25, 0.3) is 0 Å². The van der Waals surface area contributed by atoms with Crippen LogP contribution in [-0.2, 0) is 4.74 Å². The van der Waals surface area contributed by atoms with Crippen LogP contribution in [0.15, 0.2) is 54.7 Å². The number of pyridine rings is 1. The molecule has 174 valence electrons. The highest BCUT2D eigenvalue weighted by atomic mass is 35.5. The molecule has 2 aromatic carbocycles. The maximum atomic E-state index is 13.3. The summed E-state index contributed by atoms with van der Waals surface area (Å²) in [4.78, 5) is 29.1. The van der Waals surface area contributed by atoms with E-state index < -0.39 is 17.6 Å². The summed E-state index contributed by atoms with van der Waals surface area (Å²) in [5.74, 6) is 5.29. The van der Waals surface area contributed by atoms with Crippen molar-refractivity contribution in [2.75, 3.05) is 10.6 Å². The van der Waals surface area contributed by atoms with Crippen molar-refractivity contribution in [3.8, 4) is 11.8 Å². The molecule has 6 nitrogen and oxygen atoms in total. The molecule has 0 aliphatic carbocycles. The Balaban J connectivity index is 1.73. The zero-order chi connectivity index (χ0) is 24.9. The van der Waals surface area contributed by atoms with Gasteiger partial charge in [-0.05, 0) is 75.7 Å². The summed E-state index contributed by atoms with van der Waals surface area (Å²) >= 11 is 6.21. The molecular weight excluding hydrogens is 457 g/mol. The molecule has 1 aromatic heterocycles. The number of anilines is 2. The van der Waals surface area contributed by atoms with E-state index in [0.29, 0.717) is 28.2 Å². The monoisotopic (exact) mass is 479 g/mol. The number of hydrogen-bond acceptors (Lipinski definition) is 4. The van der Waals surface area contributed by atoms with Gasteiger partial charge in [0, 0.05) is 23.0 Å². The first-order valence-electron chi connectivity index (χ1n) is 10.4. The first-order valence-corrected chi connectivity index (χ1v) is 10.7. The quantitative estimate of drug-likeness (QED) is 0.439. The van der Waals surface area contributed by atoms with Crippen molar-refractivity contribution < 1.29 is 18.7 Å². The van der Waals surface area contributed by atoms with E-state index >= 15 is 0 Å². The standard InChI is InChI=1S/C26H23ClFN3O3/c1-16-12-18(9-8-17-6-5-7-19(28)13-17)15-29-23(16)31-24(32)21-14-20(10-11-22(21)27)30-25(33)34-26(2,3)4/h5-7,10-15H,1-4H3,(H,30,33)(H,29,31,32). The van der Waals surface area contributed by atoms with Gasteiger partial charge in [-0.1, -0.05) is 29.5 Å². The number of aryl methyl sites for hydroxylation is 1. The molecule has 0 aliphatic heterocycles. The van der Waals surface area contributed by atoms with Crippen molar-refractivity contribution in [1.82, 2.24) is 4.98 Å². The van der Waals surface area contributed by atoms with Gasteiger partial charge in [0.2, 0.25) is 0 Å². The van der Waals surface area contributed by atoms with Crippen LogP contribution in [0.5, 0.6) is 0 Å². The smallest absolute Gasteiger partial charge is 0.412 e. The number of hydrogen-bond donors (Lipinski definition) is 2. The summed E-state index contributed by atoms with van der Waals surface area (Å²) in [7, 11) is 0. The average Bonchev–Trinajstić information content (AvgIpc) is 2.74. The predicted molar refractivity (Wildman–Crippen MR) is 131 cm³/mol. The van der Waals surface area contributed by atoms with E-state index in [1.807, 2.05) is 0 Å². The molecule has 8 heteroatoms. The van der Waals surface area contributed by atoms with Crippen LogP contribution in [0.1, 0.15) is 47.8 Å². The molecule has 0 unspecified atom stereocenters. The molecule has 0 atom stereocenters. The molecule has 0 bridgehead atoms. The third-order valence-corrected chi connectivity index (χ3v) is 4.67. The van der Waals surface area contributed by atoms with Gasteiger partial charge in [-0.15, -0.1) is 0 Å². The van der Waals surface area contributed by atoms with Crippen molar-refractivity contribution in [2.45, 2.75) is 33.3 Å². The van der Waals surface area contributed by atoms with Gasteiger partial charge in [-0.2, -0.15) is 0 Å². The van der Waals surface area contributed by atoms with Gasteiger partial charge in [0.25, 0.3) is 5.91 Å². The number of carbonyl (C=O) groups excluding carboxylic acids is 2. The van der Waals surface area contributed by atoms with Gasteiger partial charge >= 0.3 is 6.09 Å². The second-order valence-electron chi connectivity index (χ2n) is 8.43. The van der Waals surface area contributed by atoms with Crippen molar-refractivity contribution in [1.29, 1.82) is 0 Å². The van der Waals surface area contributed by atoms with E-state index in [1.165, 1.54) is 30.5 Å². The minimum absolute atomic E-state index is 0.159. The first kappa shape index (κ1) is 24.7. The van der Waals surface area contributed by atoms with Gasteiger partial charge in [0.05, 0.1) is 10.6 Å². The van der Waals surface area contributed by atoms with E-state index in [9.17, 15) is 14.0 Å². The van der Waals surface area contributed by atoms with Gasteiger partial charge in [0.15, 0.2) is 0 Å². The van der Waals surface area contributed by atoms with Crippen molar-refractivity contribution in [3.63, 3.8) is 0 Å². The lowest BCUT2D eigenvalue weighted by Crippen LogP contribution is -2.27. The third-order valence-electron chi connectivity index (χ3n) is 4.34. The molecule has 0 radical (unpaired) electrons. The largest absolute Gasteiger partial charge is 0.444 e. The Kier molecular flexibility index (Phi) is 7.54. The Morgan fingerprint density at radius 2 is 1.76 bits per heavy atom. The molecule has 0 fully saturated rings. The molecule has 34 heavy (non-hydrogen) atoms. The molecule has 0 spiro atoms. The molecule has 3 rings (SSSR count). The van der Waals surface area contributed by atoms with Gasteiger partial charge in [-0.3, -0.25) is 10.1 Å². The Bertz CT molecular complexity index is 1310. The summed E-state index contributed by atoms with van der Waals surface area (Å²) in [6.45, 7) is 7.03. The van der Waals surface area contributed by atoms with Crippen LogP contribution >= 0.6 is 11.6 Å². The Morgan fingerprint density at radius 1 is 1.03 bits per heavy atom. The van der Waals surface area contributed by atoms with Gasteiger partial charge in [0.1, 0.15) is 17.2 Å². The number of halogens is 2. The van der Waals surface area contributed by atoms with Gasteiger partial charge in [-0.25, -0.2) is 14.2 Å². The first-order chi connectivity index (χ1) is 16.0. The van der Waals surface area contributed by atoms with Crippen LogP contribution in [0, 0.1) is 24.6 Å². The summed E-state index contributed by atoms with van der Waals surface area (Å²) in [5.41, 5.74) is 1.69. The summed E-state index contributed by atoms with van der Waals surface area (Å²) < 4.78 is 18.5. The van der Waals surface area contributed by atoms with Crippen LogP contribution < -0.4 is 10.6 Å². The molecule has 2 N–H and O–H groups in total. The fraction of sp³-hybridized carbons (Fsp3) is 0.192.